The highest BCUT2D eigenvalue weighted by Gasteiger charge is 2.25. The zero-order valence-corrected chi connectivity index (χ0v) is 14.2. The molecule has 0 rings (SSSR count). The first-order valence-corrected chi connectivity index (χ1v) is 7.76. The quantitative estimate of drug-likeness (QED) is 0.350. The van der Waals surface area contributed by atoms with Crippen molar-refractivity contribution in [2.75, 3.05) is 0 Å². The molecular formula is C19H26O4. The van der Waals surface area contributed by atoms with Crippen molar-refractivity contribution in [3.63, 3.8) is 0 Å². The molecule has 4 nitrogen and oxygen atoms in total. The number of terminal acetylenes is 1. The zero-order valence-electron chi connectivity index (χ0n) is 14.2. The van der Waals surface area contributed by atoms with Gasteiger partial charge in [0.1, 0.15) is 12.2 Å². The predicted octanol–water partition coefficient (Wildman–Crippen LogP) is 3.73. The van der Waals surface area contributed by atoms with E-state index in [1.54, 1.807) is 6.08 Å². The Kier molecular flexibility index (Phi) is 12.1. The molecule has 0 aromatic rings. The Balaban J connectivity index is 4.85. The minimum Gasteiger partial charge on any atom is -0.458 e. The lowest BCUT2D eigenvalue weighted by atomic mass is 10.1. The fourth-order valence-corrected chi connectivity index (χ4v) is 1.92. The van der Waals surface area contributed by atoms with E-state index < -0.39 is 24.1 Å². The number of carbonyl (C=O) groups excluding carboxylic acids is 2. The van der Waals surface area contributed by atoms with Gasteiger partial charge in [0.25, 0.3) is 0 Å². The van der Waals surface area contributed by atoms with Crippen LogP contribution in [-0.4, -0.2) is 24.1 Å². The molecule has 0 saturated heterocycles. The Bertz CT molecular complexity index is 480. The van der Waals surface area contributed by atoms with E-state index in [0.717, 1.165) is 12.8 Å². The maximum atomic E-state index is 11.3. The van der Waals surface area contributed by atoms with Crippen molar-refractivity contribution in [3.05, 3.63) is 36.5 Å². The molecule has 0 spiro atoms. The third-order valence-electron chi connectivity index (χ3n) is 2.84. The molecule has 2 unspecified atom stereocenters. The Labute approximate surface area is 139 Å². The van der Waals surface area contributed by atoms with Gasteiger partial charge in [0, 0.05) is 26.7 Å². The molecule has 0 aromatic carbocycles. The minimum absolute atomic E-state index is 0.394. The van der Waals surface area contributed by atoms with Crippen LogP contribution < -0.4 is 0 Å². The van der Waals surface area contributed by atoms with E-state index in [1.807, 2.05) is 12.2 Å². The van der Waals surface area contributed by atoms with Gasteiger partial charge < -0.3 is 9.47 Å². The number of hydrogen-bond donors (Lipinski definition) is 0. The van der Waals surface area contributed by atoms with E-state index in [4.69, 9.17) is 15.9 Å². The summed E-state index contributed by atoms with van der Waals surface area (Å²) < 4.78 is 10.6. The maximum absolute atomic E-state index is 11.3. The van der Waals surface area contributed by atoms with Crippen molar-refractivity contribution in [3.8, 4) is 12.3 Å². The third kappa shape index (κ3) is 12.0. The van der Waals surface area contributed by atoms with Gasteiger partial charge in [0.05, 0.1) is 0 Å². The first-order chi connectivity index (χ1) is 11.0. The SMILES string of the molecule is C#CC=CCC(OC(C)=O)C(CC=CCC=CCC)OC(C)=O. The van der Waals surface area contributed by atoms with Crippen molar-refractivity contribution in [2.45, 2.75) is 58.7 Å². The standard InChI is InChI=1S/C19H26O4/c1-5-7-9-10-11-13-15-19(23-17(4)21)18(22-16(3)20)14-12-8-6-2/h2,7-9,11-13,18-19H,5,10,14-15H2,1,3-4H3. The minimum atomic E-state index is -0.558. The molecular weight excluding hydrogens is 292 g/mol. The van der Waals surface area contributed by atoms with Gasteiger partial charge in [-0.1, -0.05) is 43.2 Å². The van der Waals surface area contributed by atoms with Gasteiger partial charge in [-0.25, -0.2) is 0 Å². The van der Waals surface area contributed by atoms with Crippen molar-refractivity contribution in [1.82, 2.24) is 0 Å². The number of ether oxygens (including phenoxy) is 2. The van der Waals surface area contributed by atoms with Crippen LogP contribution in [0.3, 0.4) is 0 Å². The normalized spacial score (nSPS) is 14.0. The van der Waals surface area contributed by atoms with E-state index in [-0.39, 0.29) is 0 Å². The Morgan fingerprint density at radius 3 is 1.96 bits per heavy atom. The molecule has 0 aromatic heterocycles. The number of hydrogen-bond acceptors (Lipinski definition) is 4. The molecule has 0 aliphatic heterocycles. The average molecular weight is 318 g/mol. The highest BCUT2D eigenvalue weighted by atomic mass is 16.6. The fraction of sp³-hybridized carbons (Fsp3) is 0.474. The lowest BCUT2D eigenvalue weighted by Crippen LogP contribution is -2.33. The monoisotopic (exact) mass is 318 g/mol. The van der Waals surface area contributed by atoms with E-state index >= 15 is 0 Å². The highest BCUT2D eigenvalue weighted by Crippen LogP contribution is 2.15. The summed E-state index contributed by atoms with van der Waals surface area (Å²) in [6.45, 7) is 4.74. The van der Waals surface area contributed by atoms with Gasteiger partial charge >= 0.3 is 11.9 Å². The third-order valence-corrected chi connectivity index (χ3v) is 2.84. The first kappa shape index (κ1) is 20.7. The van der Waals surface area contributed by atoms with Crippen LogP contribution >= 0.6 is 0 Å². The van der Waals surface area contributed by atoms with E-state index in [1.165, 1.54) is 19.9 Å². The summed E-state index contributed by atoms with van der Waals surface area (Å²) in [5.74, 6) is 1.55. The molecule has 0 fully saturated rings. The number of carbonyl (C=O) groups is 2. The predicted molar refractivity (Wildman–Crippen MR) is 91.5 cm³/mol. The lowest BCUT2D eigenvalue weighted by Gasteiger charge is -2.24. The molecule has 0 amide bonds. The second-order valence-corrected chi connectivity index (χ2v) is 4.92. The van der Waals surface area contributed by atoms with Crippen LogP contribution in [0.1, 0.15) is 46.5 Å². The van der Waals surface area contributed by atoms with E-state index in [2.05, 4.69) is 25.0 Å². The summed E-state index contributed by atoms with van der Waals surface area (Å²) in [6, 6.07) is 0. The number of esters is 2. The second-order valence-electron chi connectivity index (χ2n) is 4.92. The molecule has 0 saturated carbocycles. The van der Waals surface area contributed by atoms with Gasteiger partial charge in [-0.3, -0.25) is 9.59 Å². The molecule has 0 N–H and O–H groups in total. The van der Waals surface area contributed by atoms with Crippen LogP contribution in [0, 0.1) is 12.3 Å². The first-order valence-electron chi connectivity index (χ1n) is 7.76. The molecule has 2 atom stereocenters. The molecule has 4 heteroatoms. The molecule has 0 bridgehead atoms. The second kappa shape index (κ2) is 13.4. The number of rotatable bonds is 10. The zero-order chi connectivity index (χ0) is 17.5. The van der Waals surface area contributed by atoms with Crippen LogP contribution in [0.4, 0.5) is 0 Å². The van der Waals surface area contributed by atoms with Crippen LogP contribution in [0.2, 0.25) is 0 Å². The van der Waals surface area contributed by atoms with Gasteiger partial charge in [0.15, 0.2) is 0 Å². The topological polar surface area (TPSA) is 52.6 Å². The summed E-state index contributed by atoms with van der Waals surface area (Å²) in [5, 5.41) is 0. The largest absolute Gasteiger partial charge is 0.458 e. The Morgan fingerprint density at radius 1 is 0.957 bits per heavy atom. The molecule has 0 aliphatic rings. The van der Waals surface area contributed by atoms with Crippen LogP contribution in [-0.2, 0) is 19.1 Å². The van der Waals surface area contributed by atoms with Gasteiger partial charge in [0.2, 0.25) is 0 Å². The summed E-state index contributed by atoms with van der Waals surface area (Å²) >= 11 is 0. The summed E-state index contributed by atoms with van der Waals surface area (Å²) in [7, 11) is 0. The summed E-state index contributed by atoms with van der Waals surface area (Å²) in [5.41, 5.74) is 0. The Morgan fingerprint density at radius 2 is 1.48 bits per heavy atom. The average Bonchev–Trinajstić information content (AvgIpc) is 2.48. The van der Waals surface area contributed by atoms with E-state index in [9.17, 15) is 9.59 Å². The molecule has 23 heavy (non-hydrogen) atoms. The van der Waals surface area contributed by atoms with Gasteiger partial charge in [-0.15, -0.1) is 6.42 Å². The molecule has 126 valence electrons. The summed E-state index contributed by atoms with van der Waals surface area (Å²) in [4.78, 5) is 22.6. The Hall–Kier alpha value is -2.28. The smallest absolute Gasteiger partial charge is 0.303 e. The maximum Gasteiger partial charge on any atom is 0.303 e. The van der Waals surface area contributed by atoms with Crippen LogP contribution in [0.5, 0.6) is 0 Å². The van der Waals surface area contributed by atoms with Gasteiger partial charge in [-0.2, -0.15) is 0 Å². The van der Waals surface area contributed by atoms with Crippen molar-refractivity contribution >= 4 is 11.9 Å². The molecule has 0 radical (unpaired) electrons. The van der Waals surface area contributed by atoms with Crippen molar-refractivity contribution < 1.29 is 19.1 Å². The van der Waals surface area contributed by atoms with Crippen LogP contribution in [0.15, 0.2) is 36.5 Å². The van der Waals surface area contributed by atoms with Crippen molar-refractivity contribution in [1.29, 1.82) is 0 Å². The number of allylic oxidation sites excluding steroid dienone is 4. The molecule has 0 heterocycles. The highest BCUT2D eigenvalue weighted by molar-refractivity contribution is 5.67. The van der Waals surface area contributed by atoms with Crippen LogP contribution in [0.25, 0.3) is 0 Å². The lowest BCUT2D eigenvalue weighted by molar-refractivity contribution is -0.164. The van der Waals surface area contributed by atoms with Gasteiger partial charge in [-0.05, 0) is 18.9 Å². The molecule has 0 aliphatic carbocycles. The fourth-order valence-electron chi connectivity index (χ4n) is 1.92. The summed E-state index contributed by atoms with van der Waals surface area (Å²) in [6.07, 6.45) is 18.1. The van der Waals surface area contributed by atoms with E-state index in [0.29, 0.717) is 12.8 Å². The van der Waals surface area contributed by atoms with Crippen molar-refractivity contribution in [2.24, 2.45) is 0 Å².